The minimum Gasteiger partial charge on any atom is -0.494 e. The summed E-state index contributed by atoms with van der Waals surface area (Å²) in [6, 6.07) is 17.1. The molecular formula is C23H27N3O3. The van der Waals surface area contributed by atoms with E-state index in [9.17, 15) is 4.79 Å². The highest BCUT2D eigenvalue weighted by molar-refractivity contribution is 5.76. The zero-order valence-electron chi connectivity index (χ0n) is 16.9. The van der Waals surface area contributed by atoms with Crippen LogP contribution in [0, 0.1) is 0 Å². The third-order valence-corrected chi connectivity index (χ3v) is 4.51. The topological polar surface area (TPSA) is 65.4 Å². The molecule has 0 bridgehead atoms. The van der Waals surface area contributed by atoms with Crippen LogP contribution in [0.1, 0.15) is 37.2 Å². The molecule has 0 saturated carbocycles. The van der Waals surface area contributed by atoms with E-state index in [0.717, 1.165) is 22.9 Å². The van der Waals surface area contributed by atoms with Crippen LogP contribution in [0.25, 0.3) is 0 Å². The average Bonchev–Trinajstić information content (AvgIpc) is 3.17. The highest BCUT2D eigenvalue weighted by Gasteiger charge is 2.20. The molecule has 0 radical (unpaired) electrons. The fourth-order valence-corrected chi connectivity index (χ4v) is 3.05. The van der Waals surface area contributed by atoms with Crippen molar-refractivity contribution in [2.45, 2.75) is 25.8 Å². The predicted molar refractivity (Wildman–Crippen MR) is 112 cm³/mol. The van der Waals surface area contributed by atoms with Crippen LogP contribution in [-0.4, -0.2) is 28.7 Å². The Bertz CT molecular complexity index is 891. The van der Waals surface area contributed by atoms with Gasteiger partial charge in [0.15, 0.2) is 0 Å². The summed E-state index contributed by atoms with van der Waals surface area (Å²) < 4.78 is 13.1. The van der Waals surface area contributed by atoms with E-state index >= 15 is 0 Å². The first-order chi connectivity index (χ1) is 14.2. The Kier molecular flexibility index (Phi) is 7.28. The number of benzene rings is 2. The normalized spacial score (nSPS) is 11.7. The molecule has 1 heterocycles. The lowest BCUT2D eigenvalue weighted by Gasteiger charge is -2.19. The summed E-state index contributed by atoms with van der Waals surface area (Å²) in [5.74, 6) is 2.36. The average molecular weight is 393 g/mol. The van der Waals surface area contributed by atoms with Crippen LogP contribution in [0.3, 0.4) is 0 Å². The monoisotopic (exact) mass is 393 g/mol. The lowest BCUT2D eigenvalue weighted by Crippen LogP contribution is -2.31. The number of aromatic nitrogens is 2. The maximum Gasteiger partial charge on any atom is 0.220 e. The van der Waals surface area contributed by atoms with Gasteiger partial charge in [-0.15, -0.1) is 0 Å². The first-order valence-electron chi connectivity index (χ1n) is 9.84. The van der Waals surface area contributed by atoms with Crippen molar-refractivity contribution in [2.75, 3.05) is 13.2 Å². The van der Waals surface area contributed by atoms with Crippen molar-refractivity contribution in [2.24, 2.45) is 7.05 Å². The number of rotatable bonds is 10. The first-order valence-corrected chi connectivity index (χ1v) is 9.84. The van der Waals surface area contributed by atoms with E-state index in [1.807, 2.05) is 79.3 Å². The fraction of sp³-hybridized carbons (Fsp3) is 0.304. The highest BCUT2D eigenvalue weighted by Crippen LogP contribution is 2.21. The third kappa shape index (κ3) is 5.85. The molecular weight excluding hydrogens is 366 g/mol. The van der Waals surface area contributed by atoms with Gasteiger partial charge in [-0.3, -0.25) is 4.79 Å². The van der Waals surface area contributed by atoms with Crippen molar-refractivity contribution in [1.82, 2.24) is 14.9 Å². The van der Waals surface area contributed by atoms with Gasteiger partial charge in [-0.05, 0) is 43.2 Å². The number of aryl methyl sites for hydroxylation is 1. The minimum absolute atomic E-state index is 0.0304. The molecule has 0 unspecified atom stereocenters. The molecule has 3 rings (SSSR count). The summed E-state index contributed by atoms with van der Waals surface area (Å²) >= 11 is 0. The van der Waals surface area contributed by atoms with Crippen LogP contribution in [0.4, 0.5) is 0 Å². The van der Waals surface area contributed by atoms with Crippen molar-refractivity contribution in [3.05, 3.63) is 78.4 Å². The summed E-state index contributed by atoms with van der Waals surface area (Å²) in [4.78, 5) is 17.0. The van der Waals surface area contributed by atoms with Crippen molar-refractivity contribution in [3.8, 4) is 11.5 Å². The van der Waals surface area contributed by atoms with Crippen molar-refractivity contribution in [1.29, 1.82) is 0 Å². The van der Waals surface area contributed by atoms with Crippen LogP contribution in [-0.2, 0) is 11.8 Å². The van der Waals surface area contributed by atoms with E-state index in [1.165, 1.54) is 0 Å². The van der Waals surface area contributed by atoms with Gasteiger partial charge >= 0.3 is 0 Å². The van der Waals surface area contributed by atoms with E-state index in [4.69, 9.17) is 9.47 Å². The molecule has 0 aliphatic carbocycles. The minimum atomic E-state index is -0.282. The number of nitrogens with zero attached hydrogens (tertiary/aromatic N) is 2. The number of carbonyl (C=O) groups is 1. The second-order valence-corrected chi connectivity index (χ2v) is 6.66. The molecule has 0 saturated heterocycles. The summed E-state index contributed by atoms with van der Waals surface area (Å²) in [5, 5.41) is 3.10. The maximum absolute atomic E-state index is 12.5. The predicted octanol–water partition coefficient (Wildman–Crippen LogP) is 3.88. The van der Waals surface area contributed by atoms with E-state index in [-0.39, 0.29) is 11.9 Å². The zero-order chi connectivity index (χ0) is 20.5. The van der Waals surface area contributed by atoms with Crippen molar-refractivity contribution >= 4 is 5.91 Å². The lowest BCUT2D eigenvalue weighted by atomic mass is 10.1. The van der Waals surface area contributed by atoms with Crippen molar-refractivity contribution < 1.29 is 14.3 Å². The summed E-state index contributed by atoms with van der Waals surface area (Å²) in [6.45, 7) is 3.06. The molecule has 0 aliphatic rings. The number of hydrogen-bond acceptors (Lipinski definition) is 4. The summed E-state index contributed by atoms with van der Waals surface area (Å²) in [5.41, 5.74) is 1.00. The van der Waals surface area contributed by atoms with Crippen LogP contribution < -0.4 is 14.8 Å². The molecule has 1 atom stereocenters. The number of ether oxygens (including phenoxy) is 2. The number of imidazole rings is 1. The van der Waals surface area contributed by atoms with Crippen molar-refractivity contribution in [3.63, 3.8) is 0 Å². The highest BCUT2D eigenvalue weighted by atomic mass is 16.5. The Morgan fingerprint density at radius 2 is 1.76 bits per heavy atom. The van der Waals surface area contributed by atoms with Gasteiger partial charge < -0.3 is 19.4 Å². The molecule has 3 aromatic rings. The van der Waals surface area contributed by atoms with Gasteiger partial charge in [0.1, 0.15) is 23.4 Å². The Morgan fingerprint density at radius 3 is 2.38 bits per heavy atom. The van der Waals surface area contributed by atoms with Crippen LogP contribution >= 0.6 is 0 Å². The maximum atomic E-state index is 12.5. The molecule has 0 spiro atoms. The standard InChI is InChI=1S/C23H27N3O3/c1-3-28-19-11-13-20(14-12-19)29-17-7-10-21(27)25-22(18-8-5-4-6-9-18)23-24-15-16-26(23)2/h4-6,8-9,11-16,22H,3,7,10,17H2,1-2H3,(H,25,27)/t22-/m0/s1. The first kappa shape index (κ1) is 20.5. The Labute approximate surface area is 171 Å². The largest absolute Gasteiger partial charge is 0.494 e. The molecule has 29 heavy (non-hydrogen) atoms. The molecule has 152 valence electrons. The van der Waals surface area contributed by atoms with Crippen LogP contribution in [0.2, 0.25) is 0 Å². The van der Waals surface area contributed by atoms with Gasteiger partial charge in [-0.25, -0.2) is 4.98 Å². The van der Waals surface area contributed by atoms with Gasteiger partial charge in [0.05, 0.1) is 13.2 Å². The molecule has 2 aromatic carbocycles. The van der Waals surface area contributed by atoms with E-state index in [0.29, 0.717) is 26.1 Å². The molecule has 1 amide bonds. The third-order valence-electron chi connectivity index (χ3n) is 4.51. The summed E-state index contributed by atoms with van der Waals surface area (Å²) in [7, 11) is 1.93. The van der Waals surface area contributed by atoms with Crippen LogP contribution in [0.15, 0.2) is 67.0 Å². The van der Waals surface area contributed by atoms with Gasteiger partial charge in [0, 0.05) is 25.9 Å². The second-order valence-electron chi connectivity index (χ2n) is 6.66. The number of amides is 1. The fourth-order valence-electron chi connectivity index (χ4n) is 3.05. The number of carbonyl (C=O) groups excluding carboxylic acids is 1. The van der Waals surface area contributed by atoms with E-state index in [1.54, 1.807) is 6.20 Å². The van der Waals surface area contributed by atoms with Crippen LogP contribution in [0.5, 0.6) is 11.5 Å². The Morgan fingerprint density at radius 1 is 1.07 bits per heavy atom. The number of hydrogen-bond donors (Lipinski definition) is 1. The smallest absolute Gasteiger partial charge is 0.220 e. The number of nitrogens with one attached hydrogen (secondary N) is 1. The molecule has 0 aliphatic heterocycles. The van der Waals surface area contributed by atoms with E-state index in [2.05, 4.69) is 10.3 Å². The molecule has 1 N–H and O–H groups in total. The quantitative estimate of drug-likeness (QED) is 0.531. The molecule has 0 fully saturated rings. The Balaban J connectivity index is 1.51. The van der Waals surface area contributed by atoms with Gasteiger partial charge in [-0.2, -0.15) is 0 Å². The van der Waals surface area contributed by atoms with Gasteiger partial charge in [0.25, 0.3) is 0 Å². The molecule has 1 aromatic heterocycles. The Hall–Kier alpha value is -3.28. The molecule has 6 nitrogen and oxygen atoms in total. The second kappa shape index (κ2) is 10.3. The SMILES string of the molecule is CCOc1ccc(OCCCC(=O)N[C@@H](c2ccccc2)c2nccn2C)cc1. The van der Waals surface area contributed by atoms with E-state index < -0.39 is 0 Å². The van der Waals surface area contributed by atoms with Gasteiger partial charge in [-0.1, -0.05) is 30.3 Å². The van der Waals surface area contributed by atoms with Gasteiger partial charge in [0.2, 0.25) is 5.91 Å². The molecule has 6 heteroatoms. The lowest BCUT2D eigenvalue weighted by molar-refractivity contribution is -0.121. The summed E-state index contributed by atoms with van der Waals surface area (Å²) in [6.07, 6.45) is 4.62. The zero-order valence-corrected chi connectivity index (χ0v) is 16.9.